The quantitative estimate of drug-likeness (QED) is 0.445. The number of imide groups is 1. The van der Waals surface area contributed by atoms with E-state index in [4.69, 9.17) is 10.2 Å². The van der Waals surface area contributed by atoms with Gasteiger partial charge < -0.3 is 20.4 Å². The van der Waals surface area contributed by atoms with Gasteiger partial charge in [-0.2, -0.15) is 0 Å². The fourth-order valence-corrected chi connectivity index (χ4v) is 2.54. The normalized spacial score (nSPS) is 13.2. The lowest BCUT2D eigenvalue weighted by Gasteiger charge is -2.21. The molecular weight excluding hydrogens is 314 g/mol. The minimum atomic E-state index is -0.402. The first-order chi connectivity index (χ1) is 11.6. The maximum Gasteiger partial charge on any atom is 0.317 e. The largest absolute Gasteiger partial charge is 0.395 e. The summed E-state index contributed by atoms with van der Waals surface area (Å²) in [6, 6.07) is 6.27. The van der Waals surface area contributed by atoms with Gasteiger partial charge in [-0.3, -0.25) is 14.5 Å². The molecule has 130 valence electrons. The number of nitrogens with zero attached hydrogens (tertiary/aromatic N) is 2. The molecule has 0 fully saturated rings. The van der Waals surface area contributed by atoms with Crippen LogP contribution in [-0.4, -0.2) is 77.3 Å². The van der Waals surface area contributed by atoms with E-state index >= 15 is 0 Å². The van der Waals surface area contributed by atoms with Crippen LogP contribution in [0.15, 0.2) is 24.3 Å². The van der Waals surface area contributed by atoms with Crippen LogP contribution >= 0.6 is 0 Å². The molecule has 0 aliphatic carbocycles. The Morgan fingerprint density at radius 2 is 1.58 bits per heavy atom. The number of hydrogen-bond acceptors (Lipinski definition) is 5. The molecule has 1 aliphatic rings. The van der Waals surface area contributed by atoms with E-state index in [0.29, 0.717) is 17.5 Å². The highest BCUT2D eigenvalue weighted by Crippen LogP contribution is 2.22. The molecule has 0 spiro atoms. The molecular formula is C16H21N3O5. The molecule has 0 unspecified atom stereocenters. The van der Waals surface area contributed by atoms with Gasteiger partial charge in [-0.25, -0.2) is 4.79 Å². The highest BCUT2D eigenvalue weighted by molar-refractivity contribution is 6.21. The van der Waals surface area contributed by atoms with Crippen LogP contribution < -0.4 is 5.32 Å². The lowest BCUT2D eigenvalue weighted by molar-refractivity contribution is 0.0653. The van der Waals surface area contributed by atoms with Gasteiger partial charge in [-0.15, -0.1) is 0 Å². The smallest absolute Gasteiger partial charge is 0.317 e. The summed E-state index contributed by atoms with van der Waals surface area (Å²) in [7, 11) is 0. The van der Waals surface area contributed by atoms with Crippen molar-refractivity contribution >= 4 is 17.8 Å². The molecule has 4 amide bonds. The second-order valence-corrected chi connectivity index (χ2v) is 5.33. The number of carbonyl (C=O) groups excluding carboxylic acids is 3. The molecule has 0 radical (unpaired) electrons. The predicted octanol–water partition coefficient (Wildman–Crippen LogP) is -0.331. The van der Waals surface area contributed by atoms with Gasteiger partial charge in [0.1, 0.15) is 0 Å². The van der Waals surface area contributed by atoms with Crippen molar-refractivity contribution in [1.82, 2.24) is 15.1 Å². The molecule has 2 rings (SSSR count). The molecule has 24 heavy (non-hydrogen) atoms. The molecule has 0 saturated heterocycles. The fourth-order valence-electron chi connectivity index (χ4n) is 2.54. The summed E-state index contributed by atoms with van der Waals surface area (Å²) in [5.41, 5.74) is 0.812. The van der Waals surface area contributed by atoms with Crippen molar-refractivity contribution in [2.45, 2.75) is 6.42 Å². The summed E-state index contributed by atoms with van der Waals surface area (Å²) in [6.45, 7) is 0.368. The number of urea groups is 1. The molecule has 1 aliphatic heterocycles. The summed E-state index contributed by atoms with van der Waals surface area (Å²) in [6.07, 6.45) is 0.420. The van der Waals surface area contributed by atoms with Crippen LogP contribution in [-0.2, 0) is 0 Å². The number of hydrogen-bond donors (Lipinski definition) is 3. The van der Waals surface area contributed by atoms with E-state index in [1.165, 1.54) is 9.80 Å². The number of nitrogens with one attached hydrogen (secondary N) is 1. The summed E-state index contributed by atoms with van der Waals surface area (Å²) in [5.74, 6) is -0.631. The van der Waals surface area contributed by atoms with Crippen LogP contribution in [0.25, 0.3) is 0 Å². The number of carbonyl (C=O) groups is 3. The van der Waals surface area contributed by atoms with E-state index in [1.54, 1.807) is 24.3 Å². The lowest BCUT2D eigenvalue weighted by atomic mass is 10.1. The molecule has 8 heteroatoms. The number of amides is 4. The number of aliphatic hydroxyl groups is 2. The Kier molecular flexibility index (Phi) is 6.28. The van der Waals surface area contributed by atoms with Crippen molar-refractivity contribution in [2.24, 2.45) is 0 Å². The van der Waals surface area contributed by atoms with E-state index in [9.17, 15) is 14.4 Å². The SMILES string of the molecule is O=C(NCCCN1C(=O)c2ccccc2C1=O)N(CCO)CCO. The number of benzene rings is 1. The van der Waals surface area contributed by atoms with E-state index in [1.807, 2.05) is 0 Å². The van der Waals surface area contributed by atoms with Gasteiger partial charge in [0.25, 0.3) is 11.8 Å². The zero-order valence-corrected chi connectivity index (χ0v) is 13.3. The molecule has 1 heterocycles. The first kappa shape index (κ1) is 17.9. The third kappa shape index (κ3) is 3.90. The van der Waals surface area contributed by atoms with Crippen molar-refractivity contribution in [3.8, 4) is 0 Å². The molecule has 3 N–H and O–H groups in total. The number of fused-ring (bicyclic) bond motifs is 1. The topological polar surface area (TPSA) is 110 Å². The number of aliphatic hydroxyl groups excluding tert-OH is 2. The Labute approximate surface area is 139 Å². The number of rotatable bonds is 8. The Hall–Kier alpha value is -2.45. The molecule has 0 aromatic heterocycles. The molecule has 8 nitrogen and oxygen atoms in total. The van der Waals surface area contributed by atoms with Gasteiger partial charge in [-0.05, 0) is 18.6 Å². The van der Waals surface area contributed by atoms with E-state index in [-0.39, 0.29) is 51.2 Å². The summed E-state index contributed by atoms with van der Waals surface area (Å²) >= 11 is 0. The van der Waals surface area contributed by atoms with Crippen LogP contribution in [0.5, 0.6) is 0 Å². The highest BCUT2D eigenvalue weighted by atomic mass is 16.3. The van der Waals surface area contributed by atoms with Crippen molar-refractivity contribution in [1.29, 1.82) is 0 Å². The van der Waals surface area contributed by atoms with Crippen LogP contribution in [0.1, 0.15) is 27.1 Å². The van der Waals surface area contributed by atoms with Gasteiger partial charge in [0.2, 0.25) is 0 Å². The van der Waals surface area contributed by atoms with Crippen LogP contribution in [0.2, 0.25) is 0 Å². The Balaban J connectivity index is 1.80. The van der Waals surface area contributed by atoms with E-state index < -0.39 is 6.03 Å². The molecule has 0 atom stereocenters. The standard InChI is InChI=1S/C16H21N3O5/c20-10-8-18(9-11-21)16(24)17-6-3-7-19-14(22)12-4-1-2-5-13(12)15(19)23/h1-2,4-5,20-21H,3,6-11H2,(H,17,24). The maximum absolute atomic E-state index is 12.2. The van der Waals surface area contributed by atoms with Crippen LogP contribution in [0, 0.1) is 0 Å². The van der Waals surface area contributed by atoms with E-state index in [2.05, 4.69) is 5.32 Å². The van der Waals surface area contributed by atoms with Crippen LogP contribution in [0.4, 0.5) is 4.79 Å². The minimum Gasteiger partial charge on any atom is -0.395 e. The Morgan fingerprint density at radius 1 is 1.04 bits per heavy atom. The monoisotopic (exact) mass is 335 g/mol. The summed E-state index contributed by atoms with van der Waals surface area (Å²) in [5, 5.41) is 20.4. The fraction of sp³-hybridized carbons (Fsp3) is 0.438. The maximum atomic E-state index is 12.2. The van der Waals surface area contributed by atoms with Gasteiger partial charge >= 0.3 is 6.03 Å². The van der Waals surface area contributed by atoms with Gasteiger partial charge in [0, 0.05) is 26.2 Å². The summed E-state index contributed by atoms with van der Waals surface area (Å²) in [4.78, 5) is 38.7. The third-order valence-corrected chi connectivity index (χ3v) is 3.74. The zero-order chi connectivity index (χ0) is 17.5. The average molecular weight is 335 g/mol. The zero-order valence-electron chi connectivity index (χ0n) is 13.3. The second kappa shape index (κ2) is 8.42. The minimum absolute atomic E-state index is 0.130. The molecule has 1 aromatic rings. The average Bonchev–Trinajstić information content (AvgIpc) is 2.83. The Bertz CT molecular complexity index is 578. The van der Waals surface area contributed by atoms with Crippen molar-refractivity contribution < 1.29 is 24.6 Å². The van der Waals surface area contributed by atoms with Crippen molar-refractivity contribution in [3.05, 3.63) is 35.4 Å². The first-order valence-corrected chi connectivity index (χ1v) is 7.80. The van der Waals surface area contributed by atoms with Crippen molar-refractivity contribution in [3.63, 3.8) is 0 Å². The predicted molar refractivity (Wildman–Crippen MR) is 85.6 cm³/mol. The highest BCUT2D eigenvalue weighted by Gasteiger charge is 2.34. The Morgan fingerprint density at radius 3 is 2.08 bits per heavy atom. The van der Waals surface area contributed by atoms with Gasteiger partial charge in [-0.1, -0.05) is 12.1 Å². The van der Waals surface area contributed by atoms with Gasteiger partial charge in [0.05, 0.1) is 24.3 Å². The lowest BCUT2D eigenvalue weighted by Crippen LogP contribution is -2.43. The molecule has 0 bridgehead atoms. The summed E-state index contributed by atoms with van der Waals surface area (Å²) < 4.78 is 0. The van der Waals surface area contributed by atoms with Crippen molar-refractivity contribution in [2.75, 3.05) is 39.4 Å². The first-order valence-electron chi connectivity index (χ1n) is 7.80. The third-order valence-electron chi connectivity index (χ3n) is 3.74. The van der Waals surface area contributed by atoms with Crippen LogP contribution in [0.3, 0.4) is 0 Å². The van der Waals surface area contributed by atoms with E-state index in [0.717, 1.165) is 0 Å². The molecule has 1 aromatic carbocycles. The van der Waals surface area contributed by atoms with Gasteiger partial charge in [0.15, 0.2) is 0 Å². The molecule has 0 saturated carbocycles. The second-order valence-electron chi connectivity index (χ2n) is 5.33.